The molecule has 0 atom stereocenters. The summed E-state index contributed by atoms with van der Waals surface area (Å²) in [6, 6.07) is 0. The summed E-state index contributed by atoms with van der Waals surface area (Å²) < 4.78 is 34.1. The van der Waals surface area contributed by atoms with Crippen LogP contribution in [0.15, 0.2) is 0 Å². The van der Waals surface area contributed by atoms with Crippen LogP contribution in [0.5, 0.6) is 0 Å². The Hall–Kier alpha value is -0.587. The van der Waals surface area contributed by atoms with Crippen LogP contribution in [0.2, 0.25) is 0 Å². The molecule has 0 bridgehead atoms. The minimum atomic E-state index is -5.17. The van der Waals surface area contributed by atoms with Gasteiger partial charge in [0.2, 0.25) is 0 Å². The van der Waals surface area contributed by atoms with Crippen molar-refractivity contribution in [2.75, 3.05) is 0 Å². The van der Waals surface area contributed by atoms with E-state index < -0.39 is 20.6 Å². The third-order valence-electron chi connectivity index (χ3n) is 0. The fourth-order valence-corrected chi connectivity index (χ4v) is 0. The van der Waals surface area contributed by atoms with Gasteiger partial charge in [0, 0.05) is 10.4 Å². The second-order valence-electron chi connectivity index (χ2n) is 0.855. The summed E-state index contributed by atoms with van der Waals surface area (Å²) in [6.45, 7) is 0. The van der Waals surface area contributed by atoms with Gasteiger partial charge >= 0.3 is 36.5 Å². The van der Waals surface area contributed by atoms with Crippen LogP contribution in [-0.4, -0.2) is 27.7 Å². The quantitative estimate of drug-likeness (QED) is 0.157. The van der Waals surface area contributed by atoms with Crippen LogP contribution >= 0.6 is 0 Å². The molecule has 0 amide bonds. The van der Waals surface area contributed by atoms with E-state index in [2.05, 4.69) is 0 Å². The Morgan fingerprint density at radius 2 is 0.800 bits per heavy atom. The van der Waals surface area contributed by atoms with Crippen LogP contribution in [0.1, 0.15) is 0 Å². The Kier molecular flexibility index (Phi) is 31.0. The first-order chi connectivity index (χ1) is 5.46. The van der Waals surface area contributed by atoms with Gasteiger partial charge in [-0.2, -0.15) is 0 Å². The van der Waals surface area contributed by atoms with Gasteiger partial charge in [0.05, 0.1) is 10.2 Å². The molecule has 89 valence electrons. The van der Waals surface area contributed by atoms with Crippen molar-refractivity contribution in [1.82, 2.24) is 0 Å². The van der Waals surface area contributed by atoms with Gasteiger partial charge in [0.1, 0.15) is 0 Å². The summed E-state index contributed by atoms with van der Waals surface area (Å²) in [4.78, 5) is 16.5. The molecule has 0 saturated heterocycles. The molecule has 0 rings (SSSR count). The zero-order chi connectivity index (χ0) is 11.7. The first-order valence-electron chi connectivity index (χ1n) is 1.76. The summed E-state index contributed by atoms with van der Waals surface area (Å²) in [5.74, 6) is 0. The van der Waals surface area contributed by atoms with Crippen molar-refractivity contribution < 1.29 is 64.2 Å². The summed E-state index contributed by atoms with van der Waals surface area (Å²) >= 11 is 0. The molecule has 0 aromatic carbocycles. The van der Waals surface area contributed by atoms with Gasteiger partial charge in [-0.3, -0.25) is 8.42 Å². The Morgan fingerprint density at radius 1 is 0.800 bits per heavy atom. The molecule has 0 fully saturated rings. The molecule has 15 heteroatoms. The van der Waals surface area contributed by atoms with E-state index in [0.29, 0.717) is 0 Å². The van der Waals surface area contributed by atoms with Gasteiger partial charge in [0.15, 0.2) is 0 Å². The maximum Gasteiger partial charge on any atom is 2.00 e. The Labute approximate surface area is 105 Å². The second-order valence-corrected chi connectivity index (χ2v) is 1.67. The van der Waals surface area contributed by atoms with Gasteiger partial charge in [-0.05, 0) is 0 Å². The molecule has 0 aliphatic heterocycles. The van der Waals surface area contributed by atoms with Crippen LogP contribution in [0.25, 0.3) is 0 Å². The molecule has 0 aromatic heterocycles. The fraction of sp³-hybridized carbons (Fsp3) is 0. The molecule has 15 heavy (non-hydrogen) atoms. The van der Waals surface area contributed by atoms with E-state index in [1.54, 1.807) is 0 Å². The zero-order valence-corrected chi connectivity index (χ0v) is 11.1. The SMILES string of the molecule is O=S(=O)([O-])[O-].O=[N+]([O-])[O-].O=[N+]([O-])[O-].[Cu+2].[Zn+2]. The predicted octanol–water partition coefficient (Wildman–Crippen LogP) is -1.82. The molecule has 0 spiro atoms. The molecule has 0 aliphatic rings. The van der Waals surface area contributed by atoms with Gasteiger partial charge < -0.3 is 39.7 Å². The Bertz CT molecular complexity index is 218. The molecular weight excluding hydrogens is 349 g/mol. The monoisotopic (exact) mass is 347 g/mol. The van der Waals surface area contributed by atoms with E-state index in [1.165, 1.54) is 0 Å². The number of rotatable bonds is 0. The van der Waals surface area contributed by atoms with E-state index >= 15 is 0 Å². The summed E-state index contributed by atoms with van der Waals surface area (Å²) in [7, 11) is -5.17. The van der Waals surface area contributed by atoms with Gasteiger partial charge in [-0.1, -0.05) is 0 Å². The van der Waals surface area contributed by atoms with Crippen LogP contribution in [0, 0.1) is 30.6 Å². The summed E-state index contributed by atoms with van der Waals surface area (Å²) in [5, 5.41) is 29.5. The molecule has 0 unspecified atom stereocenters. The zero-order valence-electron chi connectivity index (χ0n) is 6.39. The first-order valence-corrected chi connectivity index (χ1v) is 3.10. The molecule has 0 heterocycles. The Morgan fingerprint density at radius 3 is 0.800 bits per heavy atom. The molecule has 12 nitrogen and oxygen atoms in total. The van der Waals surface area contributed by atoms with Crippen LogP contribution < -0.4 is 0 Å². The van der Waals surface area contributed by atoms with Gasteiger partial charge in [-0.25, -0.2) is 0 Å². The van der Waals surface area contributed by atoms with Crippen molar-refractivity contribution in [3.8, 4) is 0 Å². The standard InChI is InChI=1S/Cu.2NO3.H2O4S.Zn/c;2*2-1(3)4;1-5(2,3)4;/h;;;(H2,1,2,3,4);/q+2;2*-1;;+2/p-2. The molecule has 0 N–H and O–H groups in total. The van der Waals surface area contributed by atoms with Crippen molar-refractivity contribution in [1.29, 1.82) is 0 Å². The molecule has 0 aliphatic carbocycles. The third-order valence-corrected chi connectivity index (χ3v) is 0. The van der Waals surface area contributed by atoms with Gasteiger partial charge in [0.25, 0.3) is 0 Å². The maximum atomic E-state index is 8.52. The van der Waals surface area contributed by atoms with Crippen LogP contribution in [0.4, 0.5) is 0 Å². The van der Waals surface area contributed by atoms with Crippen LogP contribution in [0.3, 0.4) is 0 Å². The van der Waals surface area contributed by atoms with Gasteiger partial charge in [-0.15, -0.1) is 0 Å². The van der Waals surface area contributed by atoms with Crippen molar-refractivity contribution in [2.24, 2.45) is 0 Å². The average Bonchev–Trinajstić information content (AvgIpc) is 1.50. The topological polar surface area (TPSA) is 213 Å². The van der Waals surface area contributed by atoms with E-state index in [4.69, 9.17) is 48.2 Å². The summed E-state index contributed by atoms with van der Waals surface area (Å²) in [6.07, 6.45) is 0. The van der Waals surface area contributed by atoms with Crippen molar-refractivity contribution >= 4 is 10.4 Å². The van der Waals surface area contributed by atoms with Crippen LogP contribution in [-0.2, 0) is 46.9 Å². The summed E-state index contributed by atoms with van der Waals surface area (Å²) in [5.41, 5.74) is 0. The van der Waals surface area contributed by atoms with E-state index in [9.17, 15) is 0 Å². The molecule has 0 aromatic rings. The van der Waals surface area contributed by atoms with Crippen molar-refractivity contribution in [3.05, 3.63) is 30.6 Å². The fourth-order valence-electron chi connectivity index (χ4n) is 0. The minimum Gasteiger partial charge on any atom is -0.759 e. The minimum absolute atomic E-state index is 0. The average molecular weight is 349 g/mol. The first kappa shape index (κ1) is 29.3. The van der Waals surface area contributed by atoms with E-state index in [1.807, 2.05) is 0 Å². The third kappa shape index (κ3) is 5070. The maximum absolute atomic E-state index is 8.52. The van der Waals surface area contributed by atoms with Crippen molar-refractivity contribution in [2.45, 2.75) is 0 Å². The molecule has 0 saturated carbocycles. The normalized spacial score (nSPS) is 7.07. The molecule has 1 radical (unpaired) electrons. The predicted molar refractivity (Wildman–Crippen MR) is 31.2 cm³/mol. The largest absolute Gasteiger partial charge is 2.00 e. The van der Waals surface area contributed by atoms with Crippen molar-refractivity contribution in [3.63, 3.8) is 0 Å². The van der Waals surface area contributed by atoms with E-state index in [0.717, 1.165) is 0 Å². The number of hydrogen-bond donors (Lipinski definition) is 0. The number of nitrogens with zero attached hydrogens (tertiary/aromatic N) is 2. The Balaban J connectivity index is -0.0000000315. The molecular formula is CuN2O10SZn. The number of hydrogen-bond acceptors (Lipinski definition) is 10. The van der Waals surface area contributed by atoms with E-state index in [-0.39, 0.29) is 36.5 Å². The smallest absolute Gasteiger partial charge is 0.759 e. The second kappa shape index (κ2) is 15.9.